The first-order valence-electron chi connectivity index (χ1n) is 6.50. The van der Waals surface area contributed by atoms with Crippen LogP contribution in [0.1, 0.15) is 31.7 Å². The van der Waals surface area contributed by atoms with Crippen LogP contribution in [0.25, 0.3) is 0 Å². The van der Waals surface area contributed by atoms with Crippen molar-refractivity contribution in [1.82, 2.24) is 4.90 Å². The summed E-state index contributed by atoms with van der Waals surface area (Å²) in [6.07, 6.45) is 3.54. The Morgan fingerprint density at radius 3 is 2.89 bits per heavy atom. The minimum atomic E-state index is -1.74. The molecule has 1 aliphatic heterocycles. The quantitative estimate of drug-likeness (QED) is 0.781. The van der Waals surface area contributed by atoms with E-state index in [0.717, 1.165) is 25.1 Å². The lowest BCUT2D eigenvalue weighted by Crippen LogP contribution is -2.34. The summed E-state index contributed by atoms with van der Waals surface area (Å²) in [7, 11) is -1.74. The van der Waals surface area contributed by atoms with Crippen LogP contribution >= 0.6 is 0 Å². The summed E-state index contributed by atoms with van der Waals surface area (Å²) in [5.74, 6) is -0.567. The molecule has 0 radical (unpaired) electrons. The molecular weight excluding hydrogens is 232 g/mol. The third-order valence-corrected chi connectivity index (χ3v) is 3.69. The summed E-state index contributed by atoms with van der Waals surface area (Å²) < 4.78 is 13.3. The maximum atomic E-state index is 13.3. The van der Waals surface area contributed by atoms with Gasteiger partial charge in [0, 0.05) is 18.0 Å². The molecule has 0 amide bonds. The van der Waals surface area contributed by atoms with E-state index in [1.54, 1.807) is 12.1 Å². The number of halogens is 1. The van der Waals surface area contributed by atoms with Crippen LogP contribution in [0.15, 0.2) is 18.2 Å². The standard InChI is InChI=1S/C13H19BFNO2/c1-2-11-4-3-7-16(11)9-10-5-6-13(15)12(8-10)14(17)18/h5-6,8,11,17-18H,2-4,7,9H2,1H3. The SMILES string of the molecule is CCC1CCCN1Cc1ccc(F)c(B(O)O)c1. The van der Waals surface area contributed by atoms with Crippen LogP contribution in [0.5, 0.6) is 0 Å². The van der Waals surface area contributed by atoms with Gasteiger partial charge in [-0.2, -0.15) is 0 Å². The van der Waals surface area contributed by atoms with Crippen LogP contribution in [0.4, 0.5) is 4.39 Å². The molecule has 2 N–H and O–H groups in total. The van der Waals surface area contributed by atoms with Gasteiger partial charge >= 0.3 is 7.12 Å². The lowest BCUT2D eigenvalue weighted by atomic mass is 9.79. The van der Waals surface area contributed by atoms with Crippen LogP contribution in [0, 0.1) is 5.82 Å². The Labute approximate surface area is 107 Å². The van der Waals surface area contributed by atoms with Crippen molar-refractivity contribution >= 4 is 12.6 Å². The van der Waals surface area contributed by atoms with E-state index in [2.05, 4.69) is 11.8 Å². The zero-order valence-corrected chi connectivity index (χ0v) is 10.6. The predicted molar refractivity (Wildman–Crippen MR) is 69.9 cm³/mol. The van der Waals surface area contributed by atoms with E-state index in [9.17, 15) is 4.39 Å². The first-order valence-corrected chi connectivity index (χ1v) is 6.50. The van der Waals surface area contributed by atoms with Gasteiger partial charge in [-0.3, -0.25) is 4.90 Å². The molecule has 2 rings (SSSR count). The molecule has 0 bridgehead atoms. The minimum absolute atomic E-state index is 0.0419. The lowest BCUT2D eigenvalue weighted by Gasteiger charge is -2.23. The fourth-order valence-electron chi connectivity index (χ4n) is 2.69. The second-order valence-corrected chi connectivity index (χ2v) is 4.90. The van der Waals surface area contributed by atoms with Crippen molar-refractivity contribution < 1.29 is 14.4 Å². The number of benzene rings is 1. The normalized spacial score (nSPS) is 20.3. The molecule has 0 saturated carbocycles. The first-order chi connectivity index (χ1) is 8.61. The van der Waals surface area contributed by atoms with Gasteiger partial charge in [-0.05, 0) is 37.4 Å². The summed E-state index contributed by atoms with van der Waals surface area (Å²) in [5, 5.41) is 18.2. The van der Waals surface area contributed by atoms with Crippen molar-refractivity contribution in [2.45, 2.75) is 38.8 Å². The molecule has 0 spiro atoms. The Hall–Kier alpha value is -0.905. The second kappa shape index (κ2) is 5.82. The van der Waals surface area contributed by atoms with Crippen LogP contribution in [-0.2, 0) is 6.54 Å². The number of rotatable bonds is 4. The van der Waals surface area contributed by atoms with E-state index < -0.39 is 12.9 Å². The van der Waals surface area contributed by atoms with Crippen molar-refractivity contribution in [2.75, 3.05) is 6.54 Å². The van der Waals surface area contributed by atoms with Crippen molar-refractivity contribution in [3.05, 3.63) is 29.6 Å². The van der Waals surface area contributed by atoms with Gasteiger partial charge in [-0.1, -0.05) is 19.1 Å². The topological polar surface area (TPSA) is 43.7 Å². The zero-order chi connectivity index (χ0) is 13.1. The van der Waals surface area contributed by atoms with Gasteiger partial charge in [0.1, 0.15) is 5.82 Å². The van der Waals surface area contributed by atoms with E-state index in [1.165, 1.54) is 18.9 Å². The number of likely N-dealkylation sites (tertiary alicyclic amines) is 1. The molecular formula is C13H19BFNO2. The minimum Gasteiger partial charge on any atom is -0.423 e. The second-order valence-electron chi connectivity index (χ2n) is 4.90. The van der Waals surface area contributed by atoms with Gasteiger partial charge in [0.2, 0.25) is 0 Å². The average molecular weight is 251 g/mol. The molecule has 0 aliphatic carbocycles. The summed E-state index contributed by atoms with van der Waals surface area (Å²) in [6, 6.07) is 5.16. The van der Waals surface area contributed by atoms with Crippen molar-refractivity contribution in [3.63, 3.8) is 0 Å². The molecule has 1 aromatic carbocycles. The molecule has 18 heavy (non-hydrogen) atoms. The van der Waals surface area contributed by atoms with E-state index in [0.29, 0.717) is 6.04 Å². The Balaban J connectivity index is 2.12. The van der Waals surface area contributed by atoms with E-state index in [4.69, 9.17) is 10.0 Å². The number of nitrogens with zero attached hydrogens (tertiary/aromatic N) is 1. The molecule has 1 aromatic rings. The summed E-state index contributed by atoms with van der Waals surface area (Å²) in [6.45, 7) is 3.99. The van der Waals surface area contributed by atoms with Crippen molar-refractivity contribution in [2.24, 2.45) is 0 Å². The first kappa shape index (κ1) is 13.5. The highest BCUT2D eigenvalue weighted by Gasteiger charge is 2.23. The Kier molecular flexibility index (Phi) is 4.38. The van der Waals surface area contributed by atoms with E-state index >= 15 is 0 Å². The molecule has 0 aromatic heterocycles. The molecule has 1 aliphatic rings. The van der Waals surface area contributed by atoms with Crippen LogP contribution in [0.2, 0.25) is 0 Å². The van der Waals surface area contributed by atoms with Crippen LogP contribution < -0.4 is 5.46 Å². The molecule has 5 heteroatoms. The Morgan fingerprint density at radius 2 is 2.22 bits per heavy atom. The summed E-state index contributed by atoms with van der Waals surface area (Å²) >= 11 is 0. The van der Waals surface area contributed by atoms with E-state index in [-0.39, 0.29) is 5.46 Å². The van der Waals surface area contributed by atoms with Crippen molar-refractivity contribution in [1.29, 1.82) is 0 Å². The highest BCUT2D eigenvalue weighted by molar-refractivity contribution is 6.58. The van der Waals surface area contributed by atoms with Gasteiger partial charge in [0.25, 0.3) is 0 Å². The van der Waals surface area contributed by atoms with E-state index in [1.807, 2.05) is 0 Å². The summed E-state index contributed by atoms with van der Waals surface area (Å²) in [4.78, 5) is 2.38. The smallest absolute Gasteiger partial charge is 0.423 e. The monoisotopic (exact) mass is 251 g/mol. The molecule has 1 atom stereocenters. The molecule has 1 heterocycles. The van der Waals surface area contributed by atoms with Gasteiger partial charge in [-0.15, -0.1) is 0 Å². The lowest BCUT2D eigenvalue weighted by molar-refractivity contribution is 0.240. The predicted octanol–water partition coefficient (Wildman–Crippen LogP) is 0.880. The van der Waals surface area contributed by atoms with Gasteiger partial charge in [0.15, 0.2) is 0 Å². The van der Waals surface area contributed by atoms with Crippen molar-refractivity contribution in [3.8, 4) is 0 Å². The fraction of sp³-hybridized carbons (Fsp3) is 0.538. The highest BCUT2D eigenvalue weighted by Crippen LogP contribution is 2.22. The maximum absolute atomic E-state index is 13.3. The Bertz CT molecular complexity index is 414. The largest absolute Gasteiger partial charge is 0.491 e. The molecule has 98 valence electrons. The number of hydrogen-bond acceptors (Lipinski definition) is 3. The molecule has 1 unspecified atom stereocenters. The van der Waals surface area contributed by atoms with Crippen LogP contribution in [0.3, 0.4) is 0 Å². The van der Waals surface area contributed by atoms with Gasteiger partial charge in [-0.25, -0.2) is 4.39 Å². The summed E-state index contributed by atoms with van der Waals surface area (Å²) in [5.41, 5.74) is 0.889. The third kappa shape index (κ3) is 2.91. The molecule has 3 nitrogen and oxygen atoms in total. The van der Waals surface area contributed by atoms with Gasteiger partial charge in [0.05, 0.1) is 0 Å². The maximum Gasteiger partial charge on any atom is 0.491 e. The fourth-order valence-corrected chi connectivity index (χ4v) is 2.69. The number of hydrogen-bond donors (Lipinski definition) is 2. The highest BCUT2D eigenvalue weighted by atomic mass is 19.1. The molecule has 1 fully saturated rings. The average Bonchev–Trinajstić information content (AvgIpc) is 2.78. The third-order valence-electron chi connectivity index (χ3n) is 3.69. The molecule has 1 saturated heterocycles. The van der Waals surface area contributed by atoms with Gasteiger partial charge < -0.3 is 10.0 Å². The van der Waals surface area contributed by atoms with Crippen LogP contribution in [-0.4, -0.2) is 34.7 Å². The Morgan fingerprint density at radius 1 is 1.44 bits per heavy atom. The zero-order valence-electron chi connectivity index (χ0n) is 10.6.